The molecule has 0 atom stereocenters. The van der Waals surface area contributed by atoms with E-state index in [0.29, 0.717) is 16.3 Å². The van der Waals surface area contributed by atoms with Gasteiger partial charge < -0.3 is 4.74 Å². The first-order valence-electron chi connectivity index (χ1n) is 3.98. The third-order valence-corrected chi connectivity index (χ3v) is 2.60. The molecule has 0 aliphatic rings. The second-order valence-corrected chi connectivity index (χ2v) is 4.40. The van der Waals surface area contributed by atoms with Gasteiger partial charge in [-0.25, -0.2) is 9.67 Å². The summed E-state index contributed by atoms with van der Waals surface area (Å²) < 4.78 is 8.19. The smallest absolute Gasteiger partial charge is 0.253 e. The maximum Gasteiger partial charge on any atom is 0.253 e. The van der Waals surface area contributed by atoms with E-state index >= 15 is 0 Å². The second kappa shape index (κ2) is 4.28. The Morgan fingerprint density at radius 1 is 1.33 bits per heavy atom. The molecule has 0 aliphatic heterocycles. The summed E-state index contributed by atoms with van der Waals surface area (Å²) in [7, 11) is 1.55. The third-order valence-electron chi connectivity index (χ3n) is 1.65. The summed E-state index contributed by atoms with van der Waals surface area (Å²) in [5, 5.41) is 4.07. The van der Waals surface area contributed by atoms with Crippen LogP contribution in [0.5, 0.6) is 5.88 Å². The lowest BCUT2D eigenvalue weighted by molar-refractivity contribution is 0.392. The molecular formula is C8H6Br2N4O. The van der Waals surface area contributed by atoms with Crippen LogP contribution < -0.4 is 4.74 Å². The van der Waals surface area contributed by atoms with Crippen molar-refractivity contribution in [3.63, 3.8) is 0 Å². The maximum absolute atomic E-state index is 5.06. The number of methoxy groups -OCH3 is 1. The summed E-state index contributed by atoms with van der Waals surface area (Å²) in [4.78, 5) is 8.29. The predicted molar refractivity (Wildman–Crippen MR) is 61.1 cm³/mol. The molecule has 0 unspecified atom stereocenters. The quantitative estimate of drug-likeness (QED) is 0.845. The van der Waals surface area contributed by atoms with Crippen LogP contribution in [0.1, 0.15) is 0 Å². The van der Waals surface area contributed by atoms with Crippen LogP contribution in [0, 0.1) is 0 Å². The van der Waals surface area contributed by atoms with E-state index in [0.717, 1.165) is 4.47 Å². The first-order valence-corrected chi connectivity index (χ1v) is 5.56. The first-order chi connectivity index (χ1) is 7.20. The minimum atomic E-state index is 0.459. The van der Waals surface area contributed by atoms with Crippen molar-refractivity contribution in [3.8, 4) is 11.8 Å². The number of hydrogen-bond acceptors (Lipinski definition) is 4. The Bertz CT molecular complexity index is 485. The predicted octanol–water partition coefficient (Wildman–Crippen LogP) is 2.20. The van der Waals surface area contributed by atoms with Crippen molar-refractivity contribution in [1.29, 1.82) is 0 Å². The molecule has 0 bridgehead atoms. The number of hydrogen-bond donors (Lipinski definition) is 0. The molecular weight excluding hydrogens is 328 g/mol. The van der Waals surface area contributed by atoms with Crippen LogP contribution in [0.4, 0.5) is 0 Å². The van der Waals surface area contributed by atoms with Gasteiger partial charge in [0.05, 0.1) is 28.4 Å². The lowest BCUT2D eigenvalue weighted by Gasteiger charge is -2.03. The SMILES string of the molecule is COc1nc(-n2cc(Br)cn2)ncc1Br. The van der Waals surface area contributed by atoms with E-state index in [9.17, 15) is 0 Å². The van der Waals surface area contributed by atoms with Crippen molar-refractivity contribution in [3.05, 3.63) is 27.5 Å². The summed E-state index contributed by atoms with van der Waals surface area (Å²) in [5.74, 6) is 0.937. The van der Waals surface area contributed by atoms with Crippen molar-refractivity contribution in [1.82, 2.24) is 19.7 Å². The molecule has 7 heteroatoms. The van der Waals surface area contributed by atoms with Crippen LogP contribution in [-0.2, 0) is 0 Å². The number of nitrogens with zero attached hydrogens (tertiary/aromatic N) is 4. The Labute approximate surface area is 103 Å². The van der Waals surface area contributed by atoms with Crippen LogP contribution in [0.3, 0.4) is 0 Å². The molecule has 15 heavy (non-hydrogen) atoms. The lowest BCUT2D eigenvalue weighted by atomic mass is 10.6. The van der Waals surface area contributed by atoms with E-state index in [1.165, 1.54) is 0 Å². The number of halogens is 2. The summed E-state index contributed by atoms with van der Waals surface area (Å²) in [6.07, 6.45) is 5.05. The molecule has 2 heterocycles. The fourth-order valence-corrected chi connectivity index (χ4v) is 1.64. The first kappa shape index (κ1) is 10.6. The zero-order valence-corrected chi connectivity index (χ0v) is 10.9. The van der Waals surface area contributed by atoms with Crippen molar-refractivity contribution >= 4 is 31.9 Å². The van der Waals surface area contributed by atoms with Gasteiger partial charge in [-0.1, -0.05) is 0 Å². The number of ether oxygens (including phenoxy) is 1. The van der Waals surface area contributed by atoms with E-state index in [1.807, 2.05) is 0 Å². The van der Waals surface area contributed by atoms with Crippen molar-refractivity contribution in [2.75, 3.05) is 7.11 Å². The maximum atomic E-state index is 5.06. The minimum absolute atomic E-state index is 0.459. The van der Waals surface area contributed by atoms with Gasteiger partial charge in [0.15, 0.2) is 0 Å². The molecule has 0 spiro atoms. The summed E-state index contributed by atoms with van der Waals surface area (Å²) in [6.45, 7) is 0. The van der Waals surface area contributed by atoms with Gasteiger partial charge in [0.25, 0.3) is 5.95 Å². The molecule has 5 nitrogen and oxygen atoms in total. The van der Waals surface area contributed by atoms with E-state index in [2.05, 4.69) is 46.9 Å². The Morgan fingerprint density at radius 2 is 2.13 bits per heavy atom. The van der Waals surface area contributed by atoms with Crippen LogP contribution >= 0.6 is 31.9 Å². The summed E-state index contributed by atoms with van der Waals surface area (Å²) in [5.41, 5.74) is 0. The second-order valence-electron chi connectivity index (χ2n) is 2.63. The van der Waals surface area contributed by atoms with E-state index in [1.54, 1.807) is 30.4 Å². The van der Waals surface area contributed by atoms with Gasteiger partial charge in [-0.3, -0.25) is 0 Å². The van der Waals surface area contributed by atoms with Gasteiger partial charge >= 0.3 is 0 Å². The van der Waals surface area contributed by atoms with Crippen LogP contribution in [0.25, 0.3) is 5.95 Å². The van der Waals surface area contributed by atoms with Gasteiger partial charge in [-0.05, 0) is 31.9 Å². The number of rotatable bonds is 2. The molecule has 2 aromatic rings. The van der Waals surface area contributed by atoms with Gasteiger partial charge in [0, 0.05) is 6.20 Å². The van der Waals surface area contributed by atoms with Crippen molar-refractivity contribution < 1.29 is 4.74 Å². The third kappa shape index (κ3) is 2.18. The average Bonchev–Trinajstić information content (AvgIpc) is 2.66. The summed E-state index contributed by atoms with van der Waals surface area (Å²) >= 11 is 6.58. The molecule has 0 aromatic carbocycles. The van der Waals surface area contributed by atoms with Crippen LogP contribution in [0.2, 0.25) is 0 Å². The van der Waals surface area contributed by atoms with Crippen LogP contribution in [-0.4, -0.2) is 26.9 Å². The normalized spacial score (nSPS) is 10.3. The Kier molecular flexibility index (Phi) is 3.01. The molecule has 0 aliphatic carbocycles. The van der Waals surface area contributed by atoms with Gasteiger partial charge in [0.1, 0.15) is 0 Å². The van der Waals surface area contributed by atoms with Gasteiger partial charge in [-0.2, -0.15) is 10.1 Å². The Hall–Kier alpha value is -0.950. The molecule has 2 aromatic heterocycles. The van der Waals surface area contributed by atoms with Crippen molar-refractivity contribution in [2.24, 2.45) is 0 Å². The zero-order chi connectivity index (χ0) is 10.8. The topological polar surface area (TPSA) is 52.8 Å². The molecule has 78 valence electrons. The monoisotopic (exact) mass is 332 g/mol. The molecule has 0 radical (unpaired) electrons. The highest BCUT2D eigenvalue weighted by Gasteiger charge is 2.07. The largest absolute Gasteiger partial charge is 0.480 e. The van der Waals surface area contributed by atoms with E-state index < -0.39 is 0 Å². The van der Waals surface area contributed by atoms with Crippen molar-refractivity contribution in [2.45, 2.75) is 0 Å². The fourth-order valence-electron chi connectivity index (χ4n) is 1.01. The highest BCUT2D eigenvalue weighted by Crippen LogP contribution is 2.21. The molecule has 2 rings (SSSR count). The molecule has 0 fully saturated rings. The lowest BCUT2D eigenvalue weighted by Crippen LogP contribution is -2.02. The van der Waals surface area contributed by atoms with E-state index in [4.69, 9.17) is 4.74 Å². The fraction of sp³-hybridized carbons (Fsp3) is 0.125. The summed E-state index contributed by atoms with van der Waals surface area (Å²) in [6, 6.07) is 0. The van der Waals surface area contributed by atoms with E-state index in [-0.39, 0.29) is 0 Å². The standard InChI is InChI=1S/C8H6Br2N4O/c1-15-7-6(10)3-11-8(13-7)14-4-5(9)2-12-14/h2-4H,1H3. The van der Waals surface area contributed by atoms with Crippen LogP contribution in [0.15, 0.2) is 27.5 Å². The van der Waals surface area contributed by atoms with Gasteiger partial charge in [0.2, 0.25) is 5.88 Å². The Morgan fingerprint density at radius 3 is 2.73 bits per heavy atom. The molecule has 0 N–H and O–H groups in total. The Balaban J connectivity index is 2.45. The molecule has 0 saturated carbocycles. The molecule has 0 saturated heterocycles. The highest BCUT2D eigenvalue weighted by atomic mass is 79.9. The highest BCUT2D eigenvalue weighted by molar-refractivity contribution is 9.10. The zero-order valence-electron chi connectivity index (χ0n) is 7.69. The van der Waals surface area contributed by atoms with Gasteiger partial charge in [-0.15, -0.1) is 0 Å². The number of aromatic nitrogens is 4. The minimum Gasteiger partial charge on any atom is -0.480 e. The average molecular weight is 334 g/mol. The molecule has 0 amide bonds.